The molecule has 1 N–H and O–H groups in total. The van der Waals surface area contributed by atoms with E-state index in [0.29, 0.717) is 37.6 Å². The summed E-state index contributed by atoms with van der Waals surface area (Å²) in [6, 6.07) is 17.4. The van der Waals surface area contributed by atoms with Crippen LogP contribution in [0, 0.1) is 5.92 Å². The predicted octanol–water partition coefficient (Wildman–Crippen LogP) is 3.57. The van der Waals surface area contributed by atoms with E-state index < -0.39 is 0 Å². The van der Waals surface area contributed by atoms with Gasteiger partial charge in [0.15, 0.2) is 0 Å². The molecule has 0 radical (unpaired) electrons. The van der Waals surface area contributed by atoms with Crippen molar-refractivity contribution in [2.24, 2.45) is 5.92 Å². The second-order valence-electron chi connectivity index (χ2n) is 7.26. The minimum atomic E-state index is -0.215. The molecule has 150 valence electrons. The number of nitrogens with one attached hydrogen (secondary N) is 1. The smallest absolute Gasteiger partial charge is 0.224 e. The molecule has 1 amide bonds. The Bertz CT molecular complexity index is 960. The predicted molar refractivity (Wildman–Crippen MR) is 110 cm³/mol. The molecule has 2 heterocycles. The highest BCUT2D eigenvalue weighted by Gasteiger charge is 2.25. The average molecular weight is 411 g/mol. The summed E-state index contributed by atoms with van der Waals surface area (Å²) in [5.74, 6) is -0.208. The largest absolute Gasteiger partial charge is 0.373 e. The number of fused-ring (bicyclic) bond motifs is 1. The molecule has 0 bridgehead atoms. The molecule has 7 heteroatoms. The quantitative estimate of drug-likeness (QED) is 0.716. The maximum Gasteiger partial charge on any atom is 0.224 e. The summed E-state index contributed by atoms with van der Waals surface area (Å²) in [5, 5.41) is 12.0. The normalized spacial score (nSPS) is 20.4. The van der Waals surface area contributed by atoms with Crippen LogP contribution in [0.4, 0.5) is 0 Å². The first kappa shape index (κ1) is 19.6. The first-order valence-electron chi connectivity index (χ1n) is 9.74. The minimum absolute atomic E-state index is 0.00555. The molecule has 0 saturated heterocycles. The summed E-state index contributed by atoms with van der Waals surface area (Å²) in [4.78, 5) is 13.2. The lowest BCUT2D eigenvalue weighted by Gasteiger charge is -2.23. The number of aromatic nitrogens is 3. The number of carbonyl (C=O) groups excluding carboxylic acids is 1. The van der Waals surface area contributed by atoms with Gasteiger partial charge in [-0.05, 0) is 36.1 Å². The molecule has 0 aliphatic carbocycles. The summed E-state index contributed by atoms with van der Waals surface area (Å²) in [5.41, 5.74) is 2.97. The molecule has 3 aromatic rings. The summed E-state index contributed by atoms with van der Waals surface area (Å²) in [7, 11) is 0. The van der Waals surface area contributed by atoms with Crippen molar-refractivity contribution >= 4 is 17.5 Å². The number of ether oxygens (including phenoxy) is 1. The number of hydrogen-bond acceptors (Lipinski definition) is 4. The van der Waals surface area contributed by atoms with Crippen LogP contribution in [-0.4, -0.2) is 27.5 Å². The first-order chi connectivity index (χ1) is 14.2. The zero-order valence-electron chi connectivity index (χ0n) is 16.0. The van der Waals surface area contributed by atoms with Crippen LogP contribution in [0.2, 0.25) is 5.02 Å². The standard InChI is InChI=1S/C22H23ClN4O2/c23-19-8-4-5-16(12-19)11-18-9-10-27-20(13-24-26-27)14-29-15-21(25-22(18)28)17-6-2-1-3-7-17/h1-8,12-13,18,21H,9-11,14-15H2,(H,25,28)/t18-,21+/m1/s1. The molecule has 0 unspecified atom stereocenters. The van der Waals surface area contributed by atoms with E-state index in [9.17, 15) is 4.79 Å². The van der Waals surface area contributed by atoms with Gasteiger partial charge < -0.3 is 10.1 Å². The zero-order chi connectivity index (χ0) is 20.1. The molecule has 1 aliphatic heterocycles. The Kier molecular flexibility index (Phi) is 6.22. The third kappa shape index (κ3) is 5.02. The van der Waals surface area contributed by atoms with Gasteiger partial charge in [0.05, 0.1) is 31.1 Å². The molecule has 0 spiro atoms. The molecule has 0 fully saturated rings. The molecule has 4 rings (SSSR count). The summed E-state index contributed by atoms with van der Waals surface area (Å²) in [6.45, 7) is 1.39. The van der Waals surface area contributed by atoms with Crippen LogP contribution < -0.4 is 5.32 Å². The van der Waals surface area contributed by atoms with E-state index in [0.717, 1.165) is 16.8 Å². The van der Waals surface area contributed by atoms with E-state index >= 15 is 0 Å². The van der Waals surface area contributed by atoms with Crippen molar-refractivity contribution in [3.05, 3.63) is 82.6 Å². The highest BCUT2D eigenvalue weighted by molar-refractivity contribution is 6.30. The van der Waals surface area contributed by atoms with Crippen molar-refractivity contribution in [1.29, 1.82) is 0 Å². The van der Waals surface area contributed by atoms with E-state index in [1.54, 1.807) is 6.20 Å². The van der Waals surface area contributed by atoms with Gasteiger partial charge in [0.1, 0.15) is 0 Å². The van der Waals surface area contributed by atoms with Gasteiger partial charge in [0.2, 0.25) is 5.91 Å². The number of halogens is 1. The summed E-state index contributed by atoms with van der Waals surface area (Å²) in [6.07, 6.45) is 2.98. The third-order valence-electron chi connectivity index (χ3n) is 5.18. The minimum Gasteiger partial charge on any atom is -0.373 e. The Morgan fingerprint density at radius 3 is 2.86 bits per heavy atom. The highest BCUT2D eigenvalue weighted by Crippen LogP contribution is 2.21. The van der Waals surface area contributed by atoms with E-state index in [2.05, 4.69) is 15.6 Å². The van der Waals surface area contributed by atoms with Crippen LogP contribution in [0.5, 0.6) is 0 Å². The van der Waals surface area contributed by atoms with Gasteiger partial charge in [0.25, 0.3) is 0 Å². The van der Waals surface area contributed by atoms with E-state index in [1.807, 2.05) is 59.3 Å². The fourth-order valence-electron chi connectivity index (χ4n) is 3.61. The number of amides is 1. The third-order valence-corrected chi connectivity index (χ3v) is 5.42. The number of aryl methyl sites for hydroxylation is 1. The van der Waals surface area contributed by atoms with Crippen molar-refractivity contribution in [1.82, 2.24) is 20.3 Å². The summed E-state index contributed by atoms with van der Waals surface area (Å²) < 4.78 is 7.72. The summed E-state index contributed by atoms with van der Waals surface area (Å²) >= 11 is 6.14. The van der Waals surface area contributed by atoms with Gasteiger partial charge in [-0.15, -0.1) is 5.10 Å². The van der Waals surface area contributed by atoms with E-state index in [1.165, 1.54) is 0 Å². The molecule has 1 aromatic heterocycles. The Hall–Kier alpha value is -2.70. The monoisotopic (exact) mass is 410 g/mol. The van der Waals surface area contributed by atoms with Gasteiger partial charge in [-0.3, -0.25) is 4.79 Å². The molecule has 2 atom stereocenters. The molecular formula is C22H23ClN4O2. The average Bonchev–Trinajstić information content (AvgIpc) is 3.17. The maximum absolute atomic E-state index is 13.2. The maximum atomic E-state index is 13.2. The topological polar surface area (TPSA) is 69.0 Å². The van der Waals surface area contributed by atoms with Gasteiger partial charge in [-0.1, -0.05) is 59.3 Å². The molecule has 6 nitrogen and oxygen atoms in total. The molecule has 0 saturated carbocycles. The van der Waals surface area contributed by atoms with Crippen molar-refractivity contribution in [3.8, 4) is 0 Å². The Balaban J connectivity index is 1.60. The fourth-order valence-corrected chi connectivity index (χ4v) is 3.82. The van der Waals surface area contributed by atoms with Crippen molar-refractivity contribution in [2.75, 3.05) is 6.61 Å². The second-order valence-corrected chi connectivity index (χ2v) is 7.69. The first-order valence-corrected chi connectivity index (χ1v) is 10.1. The van der Waals surface area contributed by atoms with Crippen molar-refractivity contribution < 1.29 is 9.53 Å². The van der Waals surface area contributed by atoms with Crippen molar-refractivity contribution in [2.45, 2.75) is 32.0 Å². The zero-order valence-corrected chi connectivity index (χ0v) is 16.8. The number of carbonyl (C=O) groups is 1. The number of benzene rings is 2. The van der Waals surface area contributed by atoms with Crippen LogP contribution in [0.25, 0.3) is 0 Å². The van der Waals surface area contributed by atoms with Crippen LogP contribution in [0.15, 0.2) is 60.8 Å². The van der Waals surface area contributed by atoms with Crippen LogP contribution in [0.3, 0.4) is 0 Å². The number of rotatable bonds is 3. The molecular weight excluding hydrogens is 388 g/mol. The van der Waals surface area contributed by atoms with Gasteiger partial charge in [0, 0.05) is 17.5 Å². The Morgan fingerprint density at radius 1 is 1.17 bits per heavy atom. The van der Waals surface area contributed by atoms with E-state index in [-0.39, 0.29) is 17.9 Å². The lowest BCUT2D eigenvalue weighted by molar-refractivity contribution is -0.126. The van der Waals surface area contributed by atoms with Crippen LogP contribution in [-0.2, 0) is 29.1 Å². The Morgan fingerprint density at radius 2 is 2.03 bits per heavy atom. The van der Waals surface area contributed by atoms with Crippen LogP contribution in [0.1, 0.15) is 29.3 Å². The molecule has 1 aliphatic rings. The molecule has 2 aromatic carbocycles. The highest BCUT2D eigenvalue weighted by atomic mass is 35.5. The lowest BCUT2D eigenvalue weighted by Crippen LogP contribution is -2.37. The van der Waals surface area contributed by atoms with Gasteiger partial charge >= 0.3 is 0 Å². The van der Waals surface area contributed by atoms with E-state index in [4.69, 9.17) is 16.3 Å². The van der Waals surface area contributed by atoms with Gasteiger partial charge in [-0.25, -0.2) is 4.68 Å². The lowest BCUT2D eigenvalue weighted by atomic mass is 9.94. The Labute approximate surface area is 174 Å². The number of hydrogen-bond donors (Lipinski definition) is 1. The van der Waals surface area contributed by atoms with Crippen LogP contribution >= 0.6 is 11.6 Å². The fraction of sp³-hybridized carbons (Fsp3) is 0.318. The second kappa shape index (κ2) is 9.20. The van der Waals surface area contributed by atoms with Crippen molar-refractivity contribution in [3.63, 3.8) is 0 Å². The molecule has 29 heavy (non-hydrogen) atoms. The number of nitrogens with zero attached hydrogens (tertiary/aromatic N) is 3. The SMILES string of the molecule is O=C1N[C@H](c2ccccc2)COCc2cnnn2CC[C@@H]1Cc1cccc(Cl)c1. The van der Waals surface area contributed by atoms with Gasteiger partial charge in [-0.2, -0.15) is 0 Å².